The molecular weight excluding hydrogens is 436 g/mol. The predicted molar refractivity (Wildman–Crippen MR) is 139 cm³/mol. The topological polar surface area (TPSA) is 58.6 Å². The van der Waals surface area contributed by atoms with Crippen molar-refractivity contribution in [2.75, 3.05) is 16.8 Å². The lowest BCUT2D eigenvalue weighted by Gasteiger charge is -2.37. The van der Waals surface area contributed by atoms with Gasteiger partial charge >= 0.3 is 0 Å². The molecule has 2 aliphatic rings. The van der Waals surface area contributed by atoms with E-state index in [-0.39, 0.29) is 17.1 Å². The number of benzene rings is 3. The Hall–Kier alpha value is -3.86. The molecular formula is C30H30N2O3. The molecule has 1 unspecified atom stereocenters. The van der Waals surface area contributed by atoms with Gasteiger partial charge in [0, 0.05) is 28.8 Å². The van der Waals surface area contributed by atoms with Gasteiger partial charge in [0.05, 0.1) is 24.0 Å². The Morgan fingerprint density at radius 3 is 2.43 bits per heavy atom. The Kier molecular flexibility index (Phi) is 5.93. The van der Waals surface area contributed by atoms with Gasteiger partial charge in [0.25, 0.3) is 5.91 Å². The van der Waals surface area contributed by atoms with Crippen LogP contribution >= 0.6 is 0 Å². The van der Waals surface area contributed by atoms with Gasteiger partial charge in [-0.3, -0.25) is 14.5 Å². The molecule has 178 valence electrons. The maximum absolute atomic E-state index is 14.2. The van der Waals surface area contributed by atoms with Crippen molar-refractivity contribution < 1.29 is 14.3 Å². The summed E-state index contributed by atoms with van der Waals surface area (Å²) >= 11 is 0. The molecule has 0 radical (unpaired) electrons. The second-order valence-electron chi connectivity index (χ2n) is 9.89. The van der Waals surface area contributed by atoms with E-state index in [9.17, 15) is 9.59 Å². The number of Topliss-reactive ketones (excluding diaryl/α,β-unsaturated/α-hetero) is 1. The van der Waals surface area contributed by atoms with Gasteiger partial charge in [0.15, 0.2) is 5.78 Å². The molecule has 1 aliphatic carbocycles. The van der Waals surface area contributed by atoms with Crippen LogP contribution < -0.4 is 15.0 Å². The first-order valence-corrected chi connectivity index (χ1v) is 12.1. The molecule has 0 saturated carbocycles. The molecule has 0 fully saturated rings. The average Bonchev–Trinajstić information content (AvgIpc) is 2.98. The van der Waals surface area contributed by atoms with Crippen LogP contribution in [0.3, 0.4) is 0 Å². The summed E-state index contributed by atoms with van der Waals surface area (Å²) in [7, 11) is 0. The van der Waals surface area contributed by atoms with Crippen LogP contribution in [0, 0.1) is 5.41 Å². The molecule has 5 nitrogen and oxygen atoms in total. The summed E-state index contributed by atoms with van der Waals surface area (Å²) in [6.07, 6.45) is 1.13. The SMILES string of the molecule is CCOc1ccccc1C1C2=C(CC(C)(C)CC2=O)Nc2ccccc2N1C(=O)c1ccccc1. The molecule has 1 amide bonds. The Morgan fingerprint density at radius 2 is 1.66 bits per heavy atom. The van der Waals surface area contributed by atoms with E-state index >= 15 is 0 Å². The van der Waals surface area contributed by atoms with Crippen molar-refractivity contribution in [1.82, 2.24) is 0 Å². The van der Waals surface area contributed by atoms with Gasteiger partial charge in [-0.05, 0) is 49.1 Å². The Balaban J connectivity index is 1.82. The van der Waals surface area contributed by atoms with Crippen LogP contribution in [-0.2, 0) is 4.79 Å². The standard InChI is InChI=1S/C30H30N2O3/c1-4-35-26-17-11-8-14-21(26)28-27-23(18-30(2,3)19-25(27)33)31-22-15-9-10-16-24(22)32(28)29(34)20-12-6-5-7-13-20/h5-17,28,31H,4,18-19H2,1-3H3. The lowest BCUT2D eigenvalue weighted by Crippen LogP contribution is -2.39. The molecule has 0 aromatic heterocycles. The summed E-state index contributed by atoms with van der Waals surface area (Å²) in [4.78, 5) is 29.8. The third kappa shape index (κ3) is 4.23. The molecule has 0 spiro atoms. The number of nitrogens with one attached hydrogen (secondary N) is 1. The first kappa shape index (κ1) is 22.9. The number of anilines is 2. The van der Waals surface area contributed by atoms with E-state index in [0.717, 1.165) is 22.6 Å². The Bertz CT molecular complexity index is 1310. The summed E-state index contributed by atoms with van der Waals surface area (Å²) in [5, 5.41) is 3.56. The van der Waals surface area contributed by atoms with Gasteiger partial charge in [-0.15, -0.1) is 0 Å². The van der Waals surface area contributed by atoms with Crippen molar-refractivity contribution in [3.8, 4) is 5.75 Å². The van der Waals surface area contributed by atoms with E-state index < -0.39 is 6.04 Å². The lowest BCUT2D eigenvalue weighted by molar-refractivity contribution is -0.118. The van der Waals surface area contributed by atoms with E-state index in [0.29, 0.717) is 36.3 Å². The molecule has 0 bridgehead atoms. The number of hydrogen-bond donors (Lipinski definition) is 1. The fourth-order valence-corrected chi connectivity index (χ4v) is 5.22. The van der Waals surface area contributed by atoms with Crippen molar-refractivity contribution >= 4 is 23.1 Å². The number of ketones is 1. The average molecular weight is 467 g/mol. The third-order valence-corrected chi connectivity index (χ3v) is 6.65. The van der Waals surface area contributed by atoms with E-state index in [4.69, 9.17) is 4.74 Å². The van der Waals surface area contributed by atoms with Crippen LogP contribution in [0.4, 0.5) is 11.4 Å². The number of rotatable bonds is 4. The zero-order chi connectivity index (χ0) is 24.6. The molecule has 5 heteroatoms. The van der Waals surface area contributed by atoms with E-state index in [1.165, 1.54) is 0 Å². The largest absolute Gasteiger partial charge is 0.494 e. The minimum Gasteiger partial charge on any atom is -0.494 e. The number of para-hydroxylation sites is 3. The van der Waals surface area contributed by atoms with Gasteiger partial charge in [-0.1, -0.05) is 62.4 Å². The quantitative estimate of drug-likeness (QED) is 0.474. The molecule has 1 aliphatic heterocycles. The summed E-state index contributed by atoms with van der Waals surface area (Å²) in [6.45, 7) is 6.65. The molecule has 3 aromatic rings. The van der Waals surface area contributed by atoms with E-state index in [1.807, 2.05) is 85.8 Å². The van der Waals surface area contributed by atoms with E-state index in [2.05, 4.69) is 19.2 Å². The van der Waals surface area contributed by atoms with Crippen LogP contribution in [0.2, 0.25) is 0 Å². The molecule has 1 N–H and O–H groups in total. The summed E-state index contributed by atoms with van der Waals surface area (Å²) in [5.41, 5.74) is 4.24. The van der Waals surface area contributed by atoms with Gasteiger partial charge in [-0.25, -0.2) is 0 Å². The number of amides is 1. The zero-order valence-electron chi connectivity index (χ0n) is 20.4. The predicted octanol–water partition coefficient (Wildman–Crippen LogP) is 6.54. The van der Waals surface area contributed by atoms with Crippen molar-refractivity contribution in [2.45, 2.75) is 39.7 Å². The second kappa shape index (κ2) is 9.06. The Morgan fingerprint density at radius 1 is 0.971 bits per heavy atom. The first-order chi connectivity index (χ1) is 16.9. The Labute approximate surface area is 206 Å². The monoisotopic (exact) mass is 466 g/mol. The van der Waals surface area contributed by atoms with Crippen molar-refractivity contribution in [3.05, 3.63) is 101 Å². The van der Waals surface area contributed by atoms with Crippen molar-refractivity contribution in [2.24, 2.45) is 5.41 Å². The molecule has 1 heterocycles. The number of allylic oxidation sites excluding steroid dienone is 1. The van der Waals surface area contributed by atoms with Gasteiger partial charge in [-0.2, -0.15) is 0 Å². The second-order valence-corrected chi connectivity index (χ2v) is 9.89. The molecule has 5 rings (SSSR count). The smallest absolute Gasteiger partial charge is 0.259 e. The normalized spacial score (nSPS) is 18.8. The molecule has 0 saturated heterocycles. The van der Waals surface area contributed by atoms with Crippen molar-refractivity contribution in [1.29, 1.82) is 0 Å². The van der Waals surface area contributed by atoms with Crippen LogP contribution in [-0.4, -0.2) is 18.3 Å². The van der Waals surface area contributed by atoms with Gasteiger partial charge in [0.1, 0.15) is 5.75 Å². The van der Waals surface area contributed by atoms with Gasteiger partial charge < -0.3 is 10.1 Å². The van der Waals surface area contributed by atoms with Crippen LogP contribution in [0.25, 0.3) is 0 Å². The van der Waals surface area contributed by atoms with Crippen LogP contribution in [0.15, 0.2) is 90.1 Å². The number of ether oxygens (including phenoxy) is 1. The molecule has 1 atom stereocenters. The number of hydrogen-bond acceptors (Lipinski definition) is 4. The minimum atomic E-state index is -0.625. The maximum atomic E-state index is 14.2. The highest BCUT2D eigenvalue weighted by Crippen LogP contribution is 2.50. The lowest BCUT2D eigenvalue weighted by atomic mass is 9.73. The highest BCUT2D eigenvalue weighted by molar-refractivity contribution is 6.12. The van der Waals surface area contributed by atoms with E-state index in [1.54, 1.807) is 4.90 Å². The first-order valence-electron chi connectivity index (χ1n) is 12.1. The zero-order valence-corrected chi connectivity index (χ0v) is 20.4. The minimum absolute atomic E-state index is 0.0544. The van der Waals surface area contributed by atoms with Crippen molar-refractivity contribution in [3.63, 3.8) is 0 Å². The fraction of sp³-hybridized carbons (Fsp3) is 0.267. The van der Waals surface area contributed by atoms with Crippen LogP contribution in [0.1, 0.15) is 55.6 Å². The number of fused-ring (bicyclic) bond motifs is 1. The highest BCUT2D eigenvalue weighted by Gasteiger charge is 2.44. The maximum Gasteiger partial charge on any atom is 0.259 e. The summed E-state index contributed by atoms with van der Waals surface area (Å²) in [6, 6.07) is 24.1. The van der Waals surface area contributed by atoms with Crippen LogP contribution in [0.5, 0.6) is 5.75 Å². The number of carbonyl (C=O) groups excluding carboxylic acids is 2. The highest BCUT2D eigenvalue weighted by atomic mass is 16.5. The number of nitrogens with zero attached hydrogens (tertiary/aromatic N) is 1. The number of carbonyl (C=O) groups is 2. The summed E-state index contributed by atoms with van der Waals surface area (Å²) in [5.74, 6) is 0.566. The van der Waals surface area contributed by atoms with Gasteiger partial charge in [0.2, 0.25) is 0 Å². The summed E-state index contributed by atoms with van der Waals surface area (Å²) < 4.78 is 6.02. The molecule has 3 aromatic carbocycles. The third-order valence-electron chi connectivity index (χ3n) is 6.65. The fourth-order valence-electron chi connectivity index (χ4n) is 5.22. The molecule has 35 heavy (non-hydrogen) atoms.